The van der Waals surface area contributed by atoms with Gasteiger partial charge in [0, 0.05) is 28.8 Å². The van der Waals surface area contributed by atoms with Crippen LogP contribution >= 0.6 is 34.9 Å². The van der Waals surface area contributed by atoms with Crippen molar-refractivity contribution in [3.63, 3.8) is 0 Å². The zero-order valence-corrected chi connectivity index (χ0v) is 20.3. The topological polar surface area (TPSA) is 154 Å². The molecule has 1 unspecified atom stereocenters. The van der Waals surface area contributed by atoms with Crippen molar-refractivity contribution in [1.82, 2.24) is 15.2 Å². The predicted octanol–water partition coefficient (Wildman–Crippen LogP) is -0.842. The molecule has 2 aromatic rings. The Kier molecular flexibility index (Phi) is 7.38. The van der Waals surface area contributed by atoms with Crippen molar-refractivity contribution >= 4 is 63.5 Å². The van der Waals surface area contributed by atoms with Gasteiger partial charge in [-0.2, -0.15) is 0 Å². The molecular weight excluding hydrogens is 500 g/mol. The predicted molar refractivity (Wildman–Crippen MR) is 126 cm³/mol. The first-order valence-corrected chi connectivity index (χ1v) is 13.3. The number of thioether (sulfide) groups is 2. The number of carboxylic acids is 1. The third-order valence-electron chi connectivity index (χ3n) is 4.98. The zero-order valence-electron chi connectivity index (χ0n) is 17.9. The van der Waals surface area contributed by atoms with Crippen molar-refractivity contribution in [3.8, 4) is 0 Å². The first-order chi connectivity index (χ1) is 16.4. The SMILES string of the molecule is CSCON=C(C(=O)NC1C(=O)N2C(C(=O)[O-])=C(C[n+]3ccccc3)CS[C@H]12)c1csc(N)n1. The summed E-state index contributed by atoms with van der Waals surface area (Å²) in [4.78, 5) is 48.2. The molecule has 1 saturated heterocycles. The van der Waals surface area contributed by atoms with Crippen LogP contribution in [0.1, 0.15) is 5.69 Å². The van der Waals surface area contributed by atoms with E-state index in [-0.39, 0.29) is 28.2 Å². The Morgan fingerprint density at radius 2 is 2.18 bits per heavy atom. The molecule has 0 aliphatic carbocycles. The number of β-lactam (4-membered cyclic amide) rings is 1. The summed E-state index contributed by atoms with van der Waals surface area (Å²) in [6.07, 6.45) is 5.43. The number of carboxylic acid groups (broad SMARTS) is 1. The Morgan fingerprint density at radius 1 is 1.41 bits per heavy atom. The molecule has 14 heteroatoms. The van der Waals surface area contributed by atoms with E-state index in [4.69, 9.17) is 10.6 Å². The van der Waals surface area contributed by atoms with Crippen LogP contribution in [-0.2, 0) is 25.8 Å². The second-order valence-corrected chi connectivity index (χ2v) is 10.0. The number of hydrogen-bond acceptors (Lipinski definition) is 11. The summed E-state index contributed by atoms with van der Waals surface area (Å²) in [6, 6.07) is 4.58. The van der Waals surface area contributed by atoms with Crippen LogP contribution in [0.3, 0.4) is 0 Å². The quantitative estimate of drug-likeness (QED) is 0.108. The Balaban J connectivity index is 1.52. The lowest BCUT2D eigenvalue weighted by atomic mass is 10.0. The van der Waals surface area contributed by atoms with Gasteiger partial charge >= 0.3 is 0 Å². The number of amides is 2. The molecule has 2 aromatic heterocycles. The summed E-state index contributed by atoms with van der Waals surface area (Å²) in [6.45, 7) is 0.305. The molecule has 2 aliphatic heterocycles. The first kappa shape index (κ1) is 24.0. The number of carbonyl (C=O) groups excluding carboxylic acids is 3. The molecule has 0 saturated carbocycles. The number of aromatic nitrogens is 2. The molecule has 2 amide bonds. The standard InChI is InChI=1S/C20H20N6O5S3/c1-32-10-31-24-13(12-9-34-20(21)22-12)16(27)23-14-17(28)26-15(19(29)30)11(8-33-18(14)26)7-25-5-3-2-4-6-25/h2-6,9,14,18H,7-8,10H2,1H3,(H3-,21,22,23,27,29,30)/t14?,18-/m1/s1. The van der Waals surface area contributed by atoms with Gasteiger partial charge in [-0.3, -0.25) is 14.5 Å². The van der Waals surface area contributed by atoms with E-state index < -0.39 is 29.2 Å². The fourth-order valence-corrected chi connectivity index (χ4v) is 5.55. The van der Waals surface area contributed by atoms with Crippen molar-refractivity contribution in [3.05, 3.63) is 52.9 Å². The molecule has 178 valence electrons. The van der Waals surface area contributed by atoms with Crippen molar-refractivity contribution in [1.29, 1.82) is 0 Å². The van der Waals surface area contributed by atoms with Gasteiger partial charge in [0.25, 0.3) is 11.8 Å². The number of nitrogens with zero attached hydrogens (tertiary/aromatic N) is 4. The summed E-state index contributed by atoms with van der Waals surface area (Å²) < 4.78 is 1.82. The lowest BCUT2D eigenvalue weighted by Crippen LogP contribution is -2.71. The van der Waals surface area contributed by atoms with Crippen LogP contribution in [0.2, 0.25) is 0 Å². The molecule has 4 rings (SSSR count). The van der Waals surface area contributed by atoms with Gasteiger partial charge in [-0.15, -0.1) is 34.9 Å². The van der Waals surface area contributed by atoms with Gasteiger partial charge in [0.05, 0.1) is 11.7 Å². The molecule has 2 aliphatic rings. The van der Waals surface area contributed by atoms with E-state index in [9.17, 15) is 19.5 Å². The molecule has 0 radical (unpaired) electrons. The molecule has 0 spiro atoms. The Morgan fingerprint density at radius 3 is 2.82 bits per heavy atom. The van der Waals surface area contributed by atoms with Crippen molar-refractivity contribution in [2.75, 3.05) is 23.7 Å². The minimum atomic E-state index is -1.43. The number of hydrogen-bond donors (Lipinski definition) is 2. The summed E-state index contributed by atoms with van der Waals surface area (Å²) in [5, 5.41) is 19.7. The monoisotopic (exact) mass is 520 g/mol. The third-order valence-corrected chi connectivity index (χ3v) is 7.34. The van der Waals surface area contributed by atoms with Crippen LogP contribution in [0.4, 0.5) is 5.13 Å². The van der Waals surface area contributed by atoms with Gasteiger partial charge in [0.2, 0.25) is 0 Å². The molecule has 0 aromatic carbocycles. The number of oxime groups is 1. The minimum Gasteiger partial charge on any atom is -0.543 e. The average Bonchev–Trinajstić information content (AvgIpc) is 3.26. The van der Waals surface area contributed by atoms with Gasteiger partial charge in [-0.25, -0.2) is 9.55 Å². The van der Waals surface area contributed by atoms with Gasteiger partial charge in [-0.05, 0) is 6.26 Å². The normalized spacial score (nSPS) is 20.0. The van der Waals surface area contributed by atoms with E-state index in [0.717, 1.165) is 11.3 Å². The molecule has 2 atom stereocenters. The third kappa shape index (κ3) is 4.88. The number of pyridine rings is 1. The summed E-state index contributed by atoms with van der Waals surface area (Å²) in [7, 11) is 0. The molecule has 0 bridgehead atoms. The fraction of sp³-hybridized carbons (Fsp3) is 0.300. The minimum absolute atomic E-state index is 0.120. The van der Waals surface area contributed by atoms with Crippen LogP contribution in [0, 0.1) is 0 Å². The van der Waals surface area contributed by atoms with E-state index in [0.29, 0.717) is 17.9 Å². The first-order valence-electron chi connectivity index (χ1n) is 9.94. The van der Waals surface area contributed by atoms with Crippen LogP contribution in [-0.4, -0.2) is 62.7 Å². The molecular formula is C20H20N6O5S3. The van der Waals surface area contributed by atoms with Crippen molar-refractivity contribution in [2.24, 2.45) is 5.16 Å². The van der Waals surface area contributed by atoms with Gasteiger partial charge in [-0.1, -0.05) is 11.2 Å². The van der Waals surface area contributed by atoms with Crippen molar-refractivity contribution in [2.45, 2.75) is 18.0 Å². The largest absolute Gasteiger partial charge is 0.543 e. The molecule has 3 N–H and O–H groups in total. The second kappa shape index (κ2) is 10.4. The van der Waals surface area contributed by atoms with E-state index >= 15 is 0 Å². The van der Waals surface area contributed by atoms with Crippen LogP contribution in [0.15, 0.2) is 52.4 Å². The smallest absolute Gasteiger partial charge is 0.276 e. The Bertz CT molecular complexity index is 1170. The van der Waals surface area contributed by atoms with Crippen LogP contribution < -0.4 is 20.7 Å². The van der Waals surface area contributed by atoms with E-state index in [2.05, 4.69) is 15.5 Å². The number of carbonyl (C=O) groups is 3. The highest BCUT2D eigenvalue weighted by molar-refractivity contribution is 8.00. The Labute approximate surface area is 207 Å². The van der Waals surface area contributed by atoms with E-state index in [1.54, 1.807) is 5.38 Å². The van der Waals surface area contributed by atoms with Gasteiger partial charge in [0.15, 0.2) is 35.7 Å². The number of nitrogens with two attached hydrogens (primary N) is 1. The maximum atomic E-state index is 13.0. The number of fused-ring (bicyclic) bond motifs is 1. The number of anilines is 1. The highest BCUT2D eigenvalue weighted by Crippen LogP contribution is 2.40. The van der Waals surface area contributed by atoms with Crippen molar-refractivity contribution < 1.29 is 28.9 Å². The summed E-state index contributed by atoms with van der Waals surface area (Å²) in [5.74, 6) is -2.06. The van der Waals surface area contributed by atoms with E-state index in [1.165, 1.54) is 28.4 Å². The van der Waals surface area contributed by atoms with Crippen LogP contribution in [0.25, 0.3) is 0 Å². The van der Waals surface area contributed by atoms with Gasteiger partial charge < -0.3 is 25.8 Å². The number of nitrogen functional groups attached to an aromatic ring is 1. The second-order valence-electron chi connectivity index (χ2n) is 7.19. The maximum Gasteiger partial charge on any atom is 0.276 e. The highest BCUT2D eigenvalue weighted by Gasteiger charge is 2.53. The lowest BCUT2D eigenvalue weighted by Gasteiger charge is -2.50. The Hall–Kier alpha value is -3.10. The van der Waals surface area contributed by atoms with Crippen LogP contribution in [0.5, 0.6) is 0 Å². The number of nitrogens with one attached hydrogen (secondary N) is 1. The zero-order chi connectivity index (χ0) is 24.2. The average molecular weight is 521 g/mol. The summed E-state index contributed by atoms with van der Waals surface area (Å²) >= 11 is 3.87. The number of rotatable bonds is 9. The maximum absolute atomic E-state index is 13.0. The molecule has 1 fully saturated rings. The molecule has 11 nitrogen and oxygen atoms in total. The van der Waals surface area contributed by atoms with Gasteiger partial charge in [0.1, 0.15) is 17.1 Å². The number of aliphatic carboxylic acids is 1. The lowest BCUT2D eigenvalue weighted by molar-refractivity contribution is -0.689. The fourth-order valence-electron chi connectivity index (χ4n) is 3.51. The highest BCUT2D eigenvalue weighted by atomic mass is 32.2. The summed E-state index contributed by atoms with van der Waals surface area (Å²) in [5.41, 5.74) is 6.18. The van der Waals surface area contributed by atoms with E-state index in [1.807, 2.05) is 41.4 Å². The number of thiazole rings is 1. The molecule has 4 heterocycles. The molecule has 34 heavy (non-hydrogen) atoms.